The Morgan fingerprint density at radius 3 is 2.66 bits per heavy atom. The van der Waals surface area contributed by atoms with E-state index in [4.69, 9.17) is 4.74 Å². The summed E-state index contributed by atoms with van der Waals surface area (Å²) in [5.41, 5.74) is 2.04. The molecule has 29 heavy (non-hydrogen) atoms. The quantitative estimate of drug-likeness (QED) is 0.810. The second-order valence-electron chi connectivity index (χ2n) is 8.47. The van der Waals surface area contributed by atoms with Crippen molar-refractivity contribution >= 4 is 29.2 Å². The van der Waals surface area contributed by atoms with Gasteiger partial charge in [-0.2, -0.15) is 0 Å². The van der Waals surface area contributed by atoms with Crippen LogP contribution in [-0.4, -0.2) is 77.9 Å². The summed E-state index contributed by atoms with van der Waals surface area (Å²) in [4.78, 5) is 35.7. The molecule has 1 atom stereocenters. The Balaban J connectivity index is 1.66. The fourth-order valence-corrected chi connectivity index (χ4v) is 4.10. The van der Waals surface area contributed by atoms with Crippen molar-refractivity contribution in [3.63, 3.8) is 0 Å². The maximum absolute atomic E-state index is 12.5. The van der Waals surface area contributed by atoms with E-state index in [9.17, 15) is 14.7 Å². The molecular formula is C21H26N4O4. The molecule has 1 unspecified atom stereocenters. The molecular weight excluding hydrogens is 372 g/mol. The number of nitrogens with one attached hydrogen (secondary N) is 1. The maximum Gasteiger partial charge on any atom is 0.415 e. The molecule has 0 saturated carbocycles. The van der Waals surface area contributed by atoms with Gasteiger partial charge in [-0.3, -0.25) is 9.79 Å². The van der Waals surface area contributed by atoms with Crippen LogP contribution in [0.4, 0.5) is 4.79 Å². The largest absolute Gasteiger partial charge is 0.480 e. The second kappa shape index (κ2) is 7.18. The Bertz CT molecular complexity index is 986. The summed E-state index contributed by atoms with van der Waals surface area (Å²) in [5, 5.41) is 10.6. The fourth-order valence-electron chi connectivity index (χ4n) is 4.10. The molecule has 1 amide bonds. The average Bonchev–Trinajstić information content (AvgIpc) is 2.98. The molecule has 8 nitrogen and oxygen atoms in total. The summed E-state index contributed by atoms with van der Waals surface area (Å²) in [6.07, 6.45) is 1.14. The van der Waals surface area contributed by atoms with Crippen LogP contribution in [0.3, 0.4) is 0 Å². The number of piperazine rings is 1. The van der Waals surface area contributed by atoms with E-state index in [1.807, 2.05) is 13.1 Å². The zero-order valence-electron chi connectivity index (χ0n) is 16.9. The van der Waals surface area contributed by atoms with Crippen LogP contribution >= 0.6 is 0 Å². The minimum atomic E-state index is -0.944. The number of hydrogen-bond acceptors (Lipinski definition) is 5. The van der Waals surface area contributed by atoms with Crippen LogP contribution in [0.1, 0.15) is 31.0 Å². The van der Waals surface area contributed by atoms with Crippen LogP contribution in [0.2, 0.25) is 0 Å². The van der Waals surface area contributed by atoms with E-state index in [1.54, 1.807) is 17.0 Å². The van der Waals surface area contributed by atoms with E-state index < -0.39 is 11.9 Å². The number of amides is 1. The van der Waals surface area contributed by atoms with Crippen LogP contribution in [0, 0.1) is 0 Å². The minimum absolute atomic E-state index is 0.313. The first-order chi connectivity index (χ1) is 13.8. The number of aliphatic imine (C=N–C) groups is 1. The van der Waals surface area contributed by atoms with Crippen molar-refractivity contribution in [2.75, 3.05) is 39.8 Å². The molecule has 8 heteroatoms. The Morgan fingerprint density at radius 1 is 1.24 bits per heavy atom. The number of H-pyrrole nitrogens is 1. The molecule has 154 valence electrons. The van der Waals surface area contributed by atoms with Gasteiger partial charge < -0.3 is 24.6 Å². The van der Waals surface area contributed by atoms with Gasteiger partial charge in [0.1, 0.15) is 11.7 Å². The molecule has 1 aromatic heterocycles. The van der Waals surface area contributed by atoms with Crippen LogP contribution in [-0.2, 0) is 10.2 Å². The molecule has 4 rings (SSSR count). The number of nitrogens with zero attached hydrogens (tertiary/aromatic N) is 3. The monoisotopic (exact) mass is 398 g/mol. The summed E-state index contributed by atoms with van der Waals surface area (Å²) >= 11 is 0. The predicted molar refractivity (Wildman–Crippen MR) is 110 cm³/mol. The van der Waals surface area contributed by atoms with E-state index in [0.717, 1.165) is 29.6 Å². The van der Waals surface area contributed by atoms with E-state index in [-0.39, 0.29) is 11.5 Å². The number of aliphatic carboxylic acids is 1. The average molecular weight is 398 g/mol. The highest BCUT2D eigenvalue weighted by atomic mass is 16.6. The lowest BCUT2D eigenvalue weighted by atomic mass is 9.81. The minimum Gasteiger partial charge on any atom is -0.480 e. The first-order valence-electron chi connectivity index (χ1n) is 9.80. The van der Waals surface area contributed by atoms with Crippen molar-refractivity contribution in [1.29, 1.82) is 0 Å². The third-order valence-corrected chi connectivity index (χ3v) is 5.76. The van der Waals surface area contributed by atoms with E-state index in [0.29, 0.717) is 31.1 Å². The fraction of sp³-hybridized carbons (Fsp3) is 0.476. The van der Waals surface area contributed by atoms with E-state index in [1.165, 1.54) is 6.21 Å². The van der Waals surface area contributed by atoms with Gasteiger partial charge in [0.15, 0.2) is 0 Å². The van der Waals surface area contributed by atoms with Gasteiger partial charge in [0.2, 0.25) is 0 Å². The van der Waals surface area contributed by atoms with Gasteiger partial charge in [-0.25, -0.2) is 4.79 Å². The molecule has 0 aliphatic carbocycles. The first kappa shape index (κ1) is 19.4. The summed E-state index contributed by atoms with van der Waals surface area (Å²) in [7, 11) is 2.03. The molecule has 1 aromatic carbocycles. The van der Waals surface area contributed by atoms with Gasteiger partial charge in [-0.1, -0.05) is 13.8 Å². The molecule has 2 aromatic rings. The molecule has 2 aliphatic heterocycles. The number of ether oxygens (including phenoxy) is 1. The lowest BCUT2D eigenvalue weighted by Gasteiger charge is -2.31. The number of fused-ring (bicyclic) bond motifs is 3. The van der Waals surface area contributed by atoms with Crippen LogP contribution in [0.5, 0.6) is 5.75 Å². The Hall–Kier alpha value is -2.87. The van der Waals surface area contributed by atoms with E-state index >= 15 is 0 Å². The second-order valence-corrected chi connectivity index (χ2v) is 8.47. The standard InChI is InChI=1S/C21H26N4O4/c1-21(2)12-22-11-15(19(26)27)18-17(21)14-5-4-13(10-16(14)23-18)29-20(28)25-8-6-24(3)7-9-25/h4-5,10-11,15,23H,6-9,12H2,1-3H3,(H,26,27). The van der Waals surface area contributed by atoms with Gasteiger partial charge in [0, 0.05) is 67.0 Å². The Labute approximate surface area is 169 Å². The topological polar surface area (TPSA) is 98.2 Å². The highest BCUT2D eigenvalue weighted by molar-refractivity contribution is 5.99. The molecule has 3 heterocycles. The predicted octanol–water partition coefficient (Wildman–Crippen LogP) is 2.44. The van der Waals surface area contributed by atoms with Crippen molar-refractivity contribution in [2.24, 2.45) is 4.99 Å². The third kappa shape index (κ3) is 3.60. The molecule has 2 N–H and O–H groups in total. The van der Waals surface area contributed by atoms with Crippen molar-refractivity contribution in [1.82, 2.24) is 14.8 Å². The molecule has 1 saturated heterocycles. The van der Waals surface area contributed by atoms with Crippen molar-refractivity contribution in [3.8, 4) is 5.75 Å². The number of hydrogen-bond donors (Lipinski definition) is 2. The zero-order chi connectivity index (χ0) is 20.8. The third-order valence-electron chi connectivity index (χ3n) is 5.76. The van der Waals surface area contributed by atoms with Gasteiger partial charge in [0.05, 0.1) is 0 Å². The van der Waals surface area contributed by atoms with Crippen molar-refractivity contribution < 1.29 is 19.4 Å². The zero-order valence-corrected chi connectivity index (χ0v) is 16.9. The SMILES string of the molecule is CN1CCN(C(=O)Oc2ccc3c4c([nH]c3c2)C(C(=O)O)C=NCC4(C)C)CC1. The van der Waals surface area contributed by atoms with Crippen LogP contribution < -0.4 is 4.74 Å². The molecule has 2 aliphatic rings. The number of carboxylic acid groups (broad SMARTS) is 1. The van der Waals surface area contributed by atoms with Gasteiger partial charge in [-0.15, -0.1) is 0 Å². The number of aromatic amines is 1. The lowest BCUT2D eigenvalue weighted by molar-refractivity contribution is -0.137. The summed E-state index contributed by atoms with van der Waals surface area (Å²) in [6.45, 7) is 7.56. The molecule has 1 fully saturated rings. The highest BCUT2D eigenvalue weighted by Crippen LogP contribution is 2.39. The van der Waals surface area contributed by atoms with E-state index in [2.05, 4.69) is 28.7 Å². The lowest BCUT2D eigenvalue weighted by Crippen LogP contribution is -2.48. The normalized spacial score (nSPS) is 21.6. The van der Waals surface area contributed by atoms with Crippen molar-refractivity contribution in [3.05, 3.63) is 29.5 Å². The summed E-state index contributed by atoms with van der Waals surface area (Å²) in [5.74, 6) is -1.33. The number of aromatic nitrogens is 1. The number of carbonyl (C=O) groups is 2. The molecule has 0 spiro atoms. The smallest absolute Gasteiger partial charge is 0.415 e. The van der Waals surface area contributed by atoms with Crippen LogP contribution in [0.25, 0.3) is 10.9 Å². The van der Waals surface area contributed by atoms with Crippen molar-refractivity contribution in [2.45, 2.75) is 25.2 Å². The Morgan fingerprint density at radius 2 is 1.97 bits per heavy atom. The Kier molecular flexibility index (Phi) is 4.82. The van der Waals surface area contributed by atoms with Gasteiger partial charge in [0.25, 0.3) is 0 Å². The molecule has 0 radical (unpaired) electrons. The number of carboxylic acids is 1. The summed E-state index contributed by atoms with van der Waals surface area (Å²) < 4.78 is 5.59. The number of rotatable bonds is 2. The van der Waals surface area contributed by atoms with Crippen LogP contribution in [0.15, 0.2) is 23.2 Å². The highest BCUT2D eigenvalue weighted by Gasteiger charge is 2.35. The maximum atomic E-state index is 12.5. The number of carbonyl (C=O) groups excluding carboxylic acids is 1. The van der Waals surface area contributed by atoms with Gasteiger partial charge in [-0.05, 0) is 24.7 Å². The summed E-state index contributed by atoms with van der Waals surface area (Å²) in [6, 6.07) is 5.43. The number of benzene rings is 1. The molecule has 0 bridgehead atoms. The first-order valence-corrected chi connectivity index (χ1v) is 9.80. The van der Waals surface area contributed by atoms with Gasteiger partial charge >= 0.3 is 12.1 Å². The number of likely N-dealkylation sites (N-methyl/N-ethyl adjacent to an activating group) is 1.